The van der Waals surface area contributed by atoms with Crippen LogP contribution in [0.2, 0.25) is 0 Å². The molecule has 0 unspecified atom stereocenters. The zero-order valence-electron chi connectivity index (χ0n) is 18.7. The number of aromatic nitrogens is 1. The molecule has 2 aromatic carbocycles. The predicted octanol–water partition coefficient (Wildman–Crippen LogP) is 5.78. The van der Waals surface area contributed by atoms with Gasteiger partial charge in [-0.05, 0) is 54.2 Å². The number of nitrogens with zero attached hydrogens (tertiary/aromatic N) is 2. The molecule has 1 atom stereocenters. The van der Waals surface area contributed by atoms with Gasteiger partial charge >= 0.3 is 0 Å². The second-order valence-corrected chi connectivity index (χ2v) is 9.27. The number of H-pyrrole nitrogens is 1. The standard InChI is InChI=1S/C26H28FN3O/c1-16-14-17(2)28-25(31)24(16)21-15-23(18-10-12-19(13-11-18)26(3,4)5)30(29-21)22-9-7-6-8-20(22)27/h6-14,23H,15H2,1-5H3,(H,28,31)/t23-/m1/s1. The number of pyridine rings is 1. The van der Waals surface area contributed by atoms with E-state index in [0.717, 1.165) is 16.8 Å². The van der Waals surface area contributed by atoms with Crippen molar-refractivity contribution in [3.8, 4) is 0 Å². The van der Waals surface area contributed by atoms with Crippen LogP contribution in [0.1, 0.15) is 61.2 Å². The maximum absolute atomic E-state index is 14.7. The Morgan fingerprint density at radius 3 is 2.35 bits per heavy atom. The number of halogens is 1. The van der Waals surface area contributed by atoms with Gasteiger partial charge in [0.2, 0.25) is 0 Å². The van der Waals surface area contributed by atoms with Crippen LogP contribution in [-0.4, -0.2) is 10.7 Å². The molecular weight excluding hydrogens is 389 g/mol. The van der Waals surface area contributed by atoms with Crippen LogP contribution in [0.15, 0.2) is 64.5 Å². The normalized spacial score (nSPS) is 16.5. The maximum Gasteiger partial charge on any atom is 0.257 e. The molecule has 0 fully saturated rings. The molecule has 0 spiro atoms. The minimum Gasteiger partial charge on any atom is -0.326 e. The van der Waals surface area contributed by atoms with Gasteiger partial charge in [0.1, 0.15) is 5.82 Å². The molecule has 0 bridgehead atoms. The third kappa shape index (κ3) is 4.05. The molecule has 0 radical (unpaired) electrons. The largest absolute Gasteiger partial charge is 0.326 e. The fraction of sp³-hybridized carbons (Fsp3) is 0.308. The Bertz CT molecular complexity index is 1200. The molecule has 0 aliphatic carbocycles. The average Bonchev–Trinajstić information content (AvgIpc) is 3.11. The molecule has 0 amide bonds. The summed E-state index contributed by atoms with van der Waals surface area (Å²) in [4.78, 5) is 15.6. The van der Waals surface area contributed by atoms with E-state index in [2.05, 4.69) is 50.0 Å². The number of benzene rings is 2. The monoisotopic (exact) mass is 417 g/mol. The van der Waals surface area contributed by atoms with E-state index in [1.54, 1.807) is 23.2 Å². The van der Waals surface area contributed by atoms with Gasteiger partial charge in [0.15, 0.2) is 0 Å². The molecule has 4 nitrogen and oxygen atoms in total. The summed E-state index contributed by atoms with van der Waals surface area (Å²) in [5, 5.41) is 6.48. The minimum atomic E-state index is -0.335. The van der Waals surface area contributed by atoms with Crippen LogP contribution in [0.25, 0.3) is 0 Å². The average molecular weight is 418 g/mol. The van der Waals surface area contributed by atoms with Crippen LogP contribution in [0.5, 0.6) is 0 Å². The van der Waals surface area contributed by atoms with Crippen molar-refractivity contribution >= 4 is 11.4 Å². The molecule has 0 saturated heterocycles. The SMILES string of the molecule is Cc1cc(C)c(C2=NN(c3ccccc3F)[C@@H](c3ccc(C(C)(C)C)cc3)C2)c(=O)[nH]1. The van der Waals surface area contributed by atoms with Gasteiger partial charge in [0.25, 0.3) is 5.56 Å². The highest BCUT2D eigenvalue weighted by Gasteiger charge is 2.33. The van der Waals surface area contributed by atoms with Crippen molar-refractivity contribution in [2.45, 2.75) is 52.5 Å². The summed E-state index contributed by atoms with van der Waals surface area (Å²) in [6.45, 7) is 10.3. The highest BCUT2D eigenvalue weighted by molar-refractivity contribution is 6.04. The first-order valence-corrected chi connectivity index (χ1v) is 10.6. The van der Waals surface area contributed by atoms with Gasteiger partial charge < -0.3 is 4.98 Å². The Hall–Kier alpha value is -3.21. The van der Waals surface area contributed by atoms with Crippen molar-refractivity contribution in [3.05, 3.63) is 98.7 Å². The molecule has 0 saturated carbocycles. The summed E-state index contributed by atoms with van der Waals surface area (Å²) in [6.07, 6.45) is 0.524. The van der Waals surface area contributed by atoms with Crippen LogP contribution in [-0.2, 0) is 5.41 Å². The van der Waals surface area contributed by atoms with E-state index in [-0.39, 0.29) is 22.8 Å². The molecule has 160 valence electrons. The van der Waals surface area contributed by atoms with Gasteiger partial charge in [-0.3, -0.25) is 9.80 Å². The summed E-state index contributed by atoms with van der Waals surface area (Å²) < 4.78 is 14.7. The van der Waals surface area contributed by atoms with E-state index in [1.807, 2.05) is 19.9 Å². The van der Waals surface area contributed by atoms with Gasteiger partial charge in [-0.2, -0.15) is 5.10 Å². The lowest BCUT2D eigenvalue weighted by Gasteiger charge is -2.25. The molecular formula is C26H28FN3O. The number of hydrazone groups is 1. The summed E-state index contributed by atoms with van der Waals surface area (Å²) >= 11 is 0. The Morgan fingerprint density at radius 2 is 1.74 bits per heavy atom. The zero-order valence-corrected chi connectivity index (χ0v) is 18.7. The Morgan fingerprint density at radius 1 is 1.06 bits per heavy atom. The number of hydrogen-bond donors (Lipinski definition) is 1. The van der Waals surface area contributed by atoms with E-state index < -0.39 is 0 Å². The number of nitrogens with one attached hydrogen (secondary N) is 1. The van der Waals surface area contributed by atoms with Gasteiger partial charge in [-0.25, -0.2) is 4.39 Å². The molecule has 5 heteroatoms. The summed E-state index contributed by atoms with van der Waals surface area (Å²) in [5.41, 5.74) is 5.50. The second kappa shape index (κ2) is 7.80. The van der Waals surface area contributed by atoms with E-state index in [4.69, 9.17) is 5.10 Å². The van der Waals surface area contributed by atoms with Gasteiger partial charge in [0, 0.05) is 12.1 Å². The molecule has 2 heterocycles. The van der Waals surface area contributed by atoms with Crippen molar-refractivity contribution in [2.75, 3.05) is 5.01 Å². The van der Waals surface area contributed by atoms with Crippen molar-refractivity contribution < 1.29 is 4.39 Å². The number of anilines is 1. The van der Waals surface area contributed by atoms with Crippen LogP contribution in [0.3, 0.4) is 0 Å². The number of aryl methyl sites for hydroxylation is 2. The number of rotatable bonds is 3. The summed E-state index contributed by atoms with van der Waals surface area (Å²) in [6, 6.07) is 16.8. The third-order valence-corrected chi connectivity index (χ3v) is 5.82. The van der Waals surface area contributed by atoms with Gasteiger partial charge in [0.05, 0.1) is 23.0 Å². The van der Waals surface area contributed by atoms with Crippen molar-refractivity contribution in [3.63, 3.8) is 0 Å². The molecule has 4 rings (SSSR count). The Balaban J connectivity index is 1.81. The lowest BCUT2D eigenvalue weighted by molar-refractivity contribution is 0.588. The summed E-state index contributed by atoms with van der Waals surface area (Å²) in [5.74, 6) is -0.335. The van der Waals surface area contributed by atoms with Crippen molar-refractivity contribution in [1.82, 2.24) is 4.98 Å². The first-order chi connectivity index (χ1) is 14.6. The van der Waals surface area contributed by atoms with Gasteiger partial charge in [-0.15, -0.1) is 0 Å². The van der Waals surface area contributed by atoms with Gasteiger partial charge in [-0.1, -0.05) is 57.2 Å². The Labute approximate surface area is 182 Å². The van der Waals surface area contributed by atoms with E-state index in [0.29, 0.717) is 23.4 Å². The first kappa shape index (κ1) is 21.0. The minimum absolute atomic E-state index is 0.0490. The molecule has 1 N–H and O–H groups in total. The third-order valence-electron chi connectivity index (χ3n) is 5.82. The van der Waals surface area contributed by atoms with E-state index in [9.17, 15) is 9.18 Å². The molecule has 31 heavy (non-hydrogen) atoms. The van der Waals surface area contributed by atoms with E-state index in [1.165, 1.54) is 11.6 Å². The molecule has 1 aliphatic rings. The summed E-state index contributed by atoms with van der Waals surface area (Å²) in [7, 11) is 0. The fourth-order valence-corrected chi connectivity index (χ4v) is 4.20. The number of hydrogen-bond acceptors (Lipinski definition) is 3. The quantitative estimate of drug-likeness (QED) is 0.587. The van der Waals surface area contributed by atoms with Crippen LogP contribution in [0.4, 0.5) is 10.1 Å². The number of para-hydroxylation sites is 1. The van der Waals surface area contributed by atoms with Crippen molar-refractivity contribution in [2.24, 2.45) is 5.10 Å². The molecule has 3 aromatic rings. The lowest BCUT2D eigenvalue weighted by Crippen LogP contribution is -2.21. The van der Waals surface area contributed by atoms with Crippen LogP contribution < -0.4 is 10.6 Å². The molecule has 1 aliphatic heterocycles. The highest BCUT2D eigenvalue weighted by Crippen LogP contribution is 2.38. The first-order valence-electron chi connectivity index (χ1n) is 10.6. The predicted molar refractivity (Wildman–Crippen MR) is 124 cm³/mol. The van der Waals surface area contributed by atoms with E-state index >= 15 is 0 Å². The Kier molecular flexibility index (Phi) is 5.29. The topological polar surface area (TPSA) is 48.5 Å². The number of aromatic amines is 1. The van der Waals surface area contributed by atoms with Crippen LogP contribution >= 0.6 is 0 Å². The zero-order chi connectivity index (χ0) is 22.3. The van der Waals surface area contributed by atoms with Crippen molar-refractivity contribution in [1.29, 1.82) is 0 Å². The highest BCUT2D eigenvalue weighted by atomic mass is 19.1. The second-order valence-electron chi connectivity index (χ2n) is 9.27. The fourth-order valence-electron chi connectivity index (χ4n) is 4.20. The maximum atomic E-state index is 14.7. The smallest absolute Gasteiger partial charge is 0.257 e. The molecule has 1 aromatic heterocycles. The van der Waals surface area contributed by atoms with Crippen LogP contribution in [0, 0.1) is 19.7 Å². The lowest BCUT2D eigenvalue weighted by atomic mass is 9.86.